The summed E-state index contributed by atoms with van der Waals surface area (Å²) < 4.78 is 5.35. The number of nitrogens with one attached hydrogen (secondary N) is 1. The molecule has 1 aliphatic rings. The van der Waals surface area contributed by atoms with Crippen LogP contribution < -0.4 is 5.32 Å². The summed E-state index contributed by atoms with van der Waals surface area (Å²) in [5, 5.41) is 13.1. The lowest BCUT2D eigenvalue weighted by Gasteiger charge is -2.12. The van der Waals surface area contributed by atoms with Crippen LogP contribution >= 0.6 is 23.2 Å². The van der Waals surface area contributed by atoms with Crippen LogP contribution in [0.5, 0.6) is 0 Å². The maximum absolute atomic E-state index is 11.9. The van der Waals surface area contributed by atoms with E-state index in [1.807, 2.05) is 0 Å². The van der Waals surface area contributed by atoms with Crippen molar-refractivity contribution in [2.75, 3.05) is 19.8 Å². The van der Waals surface area contributed by atoms with Gasteiger partial charge in [0.05, 0.1) is 12.7 Å². The molecule has 2 N–H and O–H groups in total. The highest BCUT2D eigenvalue weighted by atomic mass is 35.5. The molecule has 20 heavy (non-hydrogen) atoms. The summed E-state index contributed by atoms with van der Waals surface area (Å²) in [5.74, 6) is 0.334. The maximum atomic E-state index is 11.9. The van der Waals surface area contributed by atoms with Gasteiger partial charge < -0.3 is 15.2 Å². The zero-order valence-electron chi connectivity index (χ0n) is 10.9. The quantitative estimate of drug-likeness (QED) is 0.812. The predicted octanol–water partition coefficient (Wildman–Crippen LogP) is 2.51. The molecule has 1 aromatic rings. The largest absolute Gasteiger partial charge is 0.389 e. The van der Waals surface area contributed by atoms with Gasteiger partial charge in [0.2, 0.25) is 0 Å². The molecule has 0 heterocycles. The van der Waals surface area contributed by atoms with Crippen LogP contribution in [0.3, 0.4) is 0 Å². The molecule has 0 radical (unpaired) electrons. The Bertz CT molecular complexity index is 457. The van der Waals surface area contributed by atoms with E-state index in [0.717, 1.165) is 0 Å². The molecule has 1 aliphatic carbocycles. The number of benzene rings is 1. The van der Waals surface area contributed by atoms with Crippen LogP contribution in [0.1, 0.15) is 23.2 Å². The van der Waals surface area contributed by atoms with E-state index in [2.05, 4.69) is 5.32 Å². The second kappa shape index (κ2) is 7.27. The highest BCUT2D eigenvalue weighted by molar-refractivity contribution is 6.35. The van der Waals surface area contributed by atoms with Crippen LogP contribution in [-0.2, 0) is 4.74 Å². The molecule has 2 rings (SSSR count). The molecular weight excluding hydrogens is 301 g/mol. The lowest BCUT2D eigenvalue weighted by Crippen LogP contribution is -2.34. The fourth-order valence-electron chi connectivity index (χ4n) is 1.71. The molecule has 1 fully saturated rings. The minimum Gasteiger partial charge on any atom is -0.389 e. The Morgan fingerprint density at radius 3 is 2.60 bits per heavy atom. The smallest absolute Gasteiger partial charge is 0.251 e. The zero-order valence-corrected chi connectivity index (χ0v) is 12.5. The van der Waals surface area contributed by atoms with Gasteiger partial charge in [-0.3, -0.25) is 4.79 Å². The monoisotopic (exact) mass is 317 g/mol. The van der Waals surface area contributed by atoms with E-state index in [-0.39, 0.29) is 19.1 Å². The molecule has 0 aromatic heterocycles. The number of carbonyl (C=O) groups is 1. The highest BCUT2D eigenvalue weighted by Crippen LogP contribution is 2.28. The number of halogens is 2. The fourth-order valence-corrected chi connectivity index (χ4v) is 2.24. The van der Waals surface area contributed by atoms with Crippen molar-refractivity contribution in [3.8, 4) is 0 Å². The van der Waals surface area contributed by atoms with Crippen molar-refractivity contribution in [1.29, 1.82) is 0 Å². The second-order valence-electron chi connectivity index (χ2n) is 5.00. The third-order valence-corrected chi connectivity index (χ3v) is 3.42. The normalized spacial score (nSPS) is 15.9. The van der Waals surface area contributed by atoms with Crippen LogP contribution in [0.4, 0.5) is 0 Å². The van der Waals surface area contributed by atoms with E-state index in [0.29, 0.717) is 28.1 Å². The number of aliphatic hydroxyl groups is 1. The highest BCUT2D eigenvalue weighted by Gasteiger charge is 2.21. The summed E-state index contributed by atoms with van der Waals surface area (Å²) in [4.78, 5) is 11.9. The molecule has 110 valence electrons. The number of aliphatic hydroxyl groups excluding tert-OH is 1. The van der Waals surface area contributed by atoms with Crippen molar-refractivity contribution >= 4 is 29.1 Å². The lowest BCUT2D eigenvalue weighted by atomic mass is 10.2. The third-order valence-electron chi connectivity index (χ3n) is 2.98. The van der Waals surface area contributed by atoms with Crippen LogP contribution in [0.25, 0.3) is 0 Å². The topological polar surface area (TPSA) is 58.6 Å². The predicted molar refractivity (Wildman–Crippen MR) is 78.3 cm³/mol. The summed E-state index contributed by atoms with van der Waals surface area (Å²) in [6.45, 7) is 1.05. The number of hydrogen-bond acceptors (Lipinski definition) is 3. The number of ether oxygens (including phenoxy) is 1. The maximum Gasteiger partial charge on any atom is 0.251 e. The Morgan fingerprint density at radius 1 is 1.35 bits per heavy atom. The van der Waals surface area contributed by atoms with Crippen molar-refractivity contribution in [3.05, 3.63) is 33.8 Å². The van der Waals surface area contributed by atoms with Gasteiger partial charge in [0.15, 0.2) is 0 Å². The molecule has 0 saturated heterocycles. The van der Waals surface area contributed by atoms with Gasteiger partial charge in [-0.15, -0.1) is 0 Å². The van der Waals surface area contributed by atoms with Gasteiger partial charge in [-0.1, -0.05) is 23.2 Å². The SMILES string of the molecule is O=C(NCC(O)COCC1CC1)c1cc(Cl)cc(Cl)c1. The standard InChI is InChI=1S/C14H17Cl2NO3/c15-11-3-10(4-12(16)5-11)14(19)17-6-13(18)8-20-7-9-1-2-9/h3-5,9,13,18H,1-2,6-8H2,(H,17,19). The number of amides is 1. The molecule has 0 aliphatic heterocycles. The second-order valence-corrected chi connectivity index (χ2v) is 5.88. The first-order chi connectivity index (χ1) is 9.54. The molecular formula is C14H17Cl2NO3. The van der Waals surface area contributed by atoms with E-state index in [4.69, 9.17) is 27.9 Å². The van der Waals surface area contributed by atoms with Crippen molar-refractivity contribution in [1.82, 2.24) is 5.32 Å². The molecule has 1 unspecified atom stereocenters. The molecule has 1 atom stereocenters. The Labute approximate surface area is 128 Å². The third kappa shape index (κ3) is 5.29. The van der Waals surface area contributed by atoms with Gasteiger partial charge in [0, 0.05) is 28.8 Å². The zero-order chi connectivity index (χ0) is 14.5. The summed E-state index contributed by atoms with van der Waals surface area (Å²) in [7, 11) is 0. The summed E-state index contributed by atoms with van der Waals surface area (Å²) in [5.41, 5.74) is 0.369. The van der Waals surface area contributed by atoms with Gasteiger partial charge in [0.1, 0.15) is 0 Å². The number of rotatable bonds is 7. The van der Waals surface area contributed by atoms with Crippen molar-refractivity contribution < 1.29 is 14.6 Å². The fraction of sp³-hybridized carbons (Fsp3) is 0.500. The molecule has 1 saturated carbocycles. The van der Waals surface area contributed by atoms with Crippen LogP contribution in [0.2, 0.25) is 10.0 Å². The number of carbonyl (C=O) groups excluding carboxylic acids is 1. The van der Waals surface area contributed by atoms with Gasteiger partial charge in [0.25, 0.3) is 5.91 Å². The van der Waals surface area contributed by atoms with Gasteiger partial charge in [-0.05, 0) is 37.0 Å². The molecule has 4 nitrogen and oxygen atoms in total. The number of hydrogen-bond donors (Lipinski definition) is 2. The van der Waals surface area contributed by atoms with E-state index in [1.54, 1.807) is 6.07 Å². The first kappa shape index (κ1) is 15.6. The average Bonchev–Trinajstić information content (AvgIpc) is 3.19. The van der Waals surface area contributed by atoms with E-state index < -0.39 is 6.10 Å². The molecule has 6 heteroatoms. The molecule has 0 spiro atoms. The minimum absolute atomic E-state index is 0.133. The van der Waals surface area contributed by atoms with E-state index >= 15 is 0 Å². The summed E-state index contributed by atoms with van der Waals surface area (Å²) in [6, 6.07) is 4.61. The molecule has 0 bridgehead atoms. The summed E-state index contributed by atoms with van der Waals surface area (Å²) in [6.07, 6.45) is 1.71. The lowest BCUT2D eigenvalue weighted by molar-refractivity contribution is 0.0320. The average molecular weight is 318 g/mol. The van der Waals surface area contributed by atoms with E-state index in [9.17, 15) is 9.90 Å². The Kier molecular flexibility index (Phi) is 5.66. The van der Waals surface area contributed by atoms with Gasteiger partial charge in [-0.2, -0.15) is 0 Å². The first-order valence-electron chi connectivity index (χ1n) is 6.54. The Balaban J connectivity index is 1.72. The molecule has 1 amide bonds. The van der Waals surface area contributed by atoms with Crippen LogP contribution in [0.15, 0.2) is 18.2 Å². The van der Waals surface area contributed by atoms with Gasteiger partial charge >= 0.3 is 0 Å². The molecule has 1 aromatic carbocycles. The summed E-state index contributed by atoms with van der Waals surface area (Å²) >= 11 is 11.7. The van der Waals surface area contributed by atoms with Crippen LogP contribution in [-0.4, -0.2) is 36.9 Å². The van der Waals surface area contributed by atoms with Crippen molar-refractivity contribution in [2.24, 2.45) is 5.92 Å². The van der Waals surface area contributed by atoms with Crippen LogP contribution in [0, 0.1) is 5.92 Å². The van der Waals surface area contributed by atoms with Crippen molar-refractivity contribution in [3.63, 3.8) is 0 Å². The van der Waals surface area contributed by atoms with E-state index in [1.165, 1.54) is 25.0 Å². The van der Waals surface area contributed by atoms with Crippen molar-refractivity contribution in [2.45, 2.75) is 18.9 Å². The first-order valence-corrected chi connectivity index (χ1v) is 7.30. The van der Waals surface area contributed by atoms with Gasteiger partial charge in [-0.25, -0.2) is 0 Å². The Morgan fingerprint density at radius 2 is 2.00 bits per heavy atom. The minimum atomic E-state index is -0.715. The Hall–Kier alpha value is -0.810.